The minimum Gasteiger partial charge on any atom is -0.335 e. The molecule has 0 spiro atoms. The first kappa shape index (κ1) is 11.2. The molecule has 0 radical (unpaired) electrons. The quantitative estimate of drug-likeness (QED) is 0.793. The fourth-order valence-electron chi connectivity index (χ4n) is 1.27. The number of amides is 1. The second kappa shape index (κ2) is 5.15. The first-order valence-electron chi connectivity index (χ1n) is 4.85. The topological polar surface area (TPSA) is 70.7 Å². The highest BCUT2D eigenvalue weighted by atomic mass is 16.2. The molecule has 1 aromatic heterocycles. The van der Waals surface area contributed by atoms with E-state index in [1.54, 1.807) is 17.9 Å². The summed E-state index contributed by atoms with van der Waals surface area (Å²) < 4.78 is 1.62. The van der Waals surface area contributed by atoms with E-state index in [1.165, 1.54) is 6.20 Å². The van der Waals surface area contributed by atoms with Gasteiger partial charge in [-0.15, -0.1) is 0 Å². The third-order valence-electron chi connectivity index (χ3n) is 2.09. The lowest BCUT2D eigenvalue weighted by molar-refractivity contribution is 0.0935. The molecule has 0 aromatic carbocycles. The van der Waals surface area contributed by atoms with Crippen LogP contribution in [0.2, 0.25) is 0 Å². The summed E-state index contributed by atoms with van der Waals surface area (Å²) >= 11 is 0. The largest absolute Gasteiger partial charge is 0.335 e. The number of nitrogens with one attached hydrogen (secondary N) is 1. The summed E-state index contributed by atoms with van der Waals surface area (Å²) in [5.74, 6) is -0.255. The molecule has 0 aliphatic heterocycles. The zero-order valence-electron chi connectivity index (χ0n) is 8.90. The first-order chi connectivity index (χ1) is 7.19. The molecule has 1 heterocycles. The molecule has 0 saturated carbocycles. The molecule has 80 valence electrons. The van der Waals surface area contributed by atoms with Crippen LogP contribution < -0.4 is 5.32 Å². The highest BCUT2D eigenvalue weighted by Crippen LogP contribution is 2.00. The van der Waals surface area contributed by atoms with Gasteiger partial charge in [0.2, 0.25) is 0 Å². The fraction of sp³-hybridized carbons (Fsp3) is 0.500. The van der Waals surface area contributed by atoms with Crippen molar-refractivity contribution >= 4 is 5.91 Å². The van der Waals surface area contributed by atoms with E-state index in [0.717, 1.165) is 6.42 Å². The van der Waals surface area contributed by atoms with Gasteiger partial charge in [0, 0.05) is 7.05 Å². The second-order valence-electron chi connectivity index (χ2n) is 3.33. The highest BCUT2D eigenvalue weighted by Gasteiger charge is 2.14. The van der Waals surface area contributed by atoms with Crippen molar-refractivity contribution in [2.45, 2.75) is 25.8 Å². The van der Waals surface area contributed by atoms with Gasteiger partial charge >= 0.3 is 0 Å². The number of aromatic nitrogens is 2. The van der Waals surface area contributed by atoms with Crippen LogP contribution in [0.3, 0.4) is 0 Å². The summed E-state index contributed by atoms with van der Waals surface area (Å²) in [6.07, 6.45) is 4.57. The maximum atomic E-state index is 11.6. The number of hydrogen-bond donors (Lipinski definition) is 1. The summed E-state index contributed by atoms with van der Waals surface area (Å²) in [6, 6.07) is 1.63. The van der Waals surface area contributed by atoms with E-state index < -0.39 is 6.04 Å². The van der Waals surface area contributed by atoms with Crippen LogP contribution in [0.15, 0.2) is 12.5 Å². The monoisotopic (exact) mass is 206 g/mol. The van der Waals surface area contributed by atoms with Crippen LogP contribution in [0.1, 0.15) is 30.3 Å². The molecule has 1 atom stereocenters. The summed E-state index contributed by atoms with van der Waals surface area (Å²) in [5.41, 5.74) is 0.464. The molecule has 0 aliphatic rings. The molecule has 1 rings (SSSR count). The average molecular weight is 206 g/mol. The maximum Gasteiger partial charge on any atom is 0.270 e. The van der Waals surface area contributed by atoms with E-state index in [0.29, 0.717) is 12.1 Å². The third-order valence-corrected chi connectivity index (χ3v) is 2.09. The van der Waals surface area contributed by atoms with E-state index >= 15 is 0 Å². The van der Waals surface area contributed by atoms with Crippen LogP contribution in [-0.4, -0.2) is 21.5 Å². The lowest BCUT2D eigenvalue weighted by Gasteiger charge is -2.10. The Hall–Kier alpha value is -1.83. The van der Waals surface area contributed by atoms with Gasteiger partial charge in [-0.3, -0.25) is 4.79 Å². The molecule has 0 saturated heterocycles. The SMILES string of the molecule is CCCC(C#N)NC(=O)c1cncn1C. The van der Waals surface area contributed by atoms with Gasteiger partial charge in [0.25, 0.3) is 5.91 Å². The van der Waals surface area contributed by atoms with Crippen LogP contribution in [0.4, 0.5) is 0 Å². The molecular weight excluding hydrogens is 192 g/mol. The predicted molar refractivity (Wildman–Crippen MR) is 55.0 cm³/mol. The summed E-state index contributed by atoms with van der Waals surface area (Å²) in [5, 5.41) is 11.4. The van der Waals surface area contributed by atoms with Crippen LogP contribution >= 0.6 is 0 Å². The van der Waals surface area contributed by atoms with Gasteiger partial charge in [0.15, 0.2) is 0 Å². The Morgan fingerprint density at radius 1 is 1.80 bits per heavy atom. The standard InChI is InChI=1S/C10H14N4O/c1-3-4-8(5-11)13-10(15)9-6-12-7-14(9)2/h6-8H,3-4H2,1-2H3,(H,13,15). The minimum atomic E-state index is -0.419. The normalized spacial score (nSPS) is 11.8. The van der Waals surface area contributed by atoms with Gasteiger partial charge in [-0.25, -0.2) is 4.98 Å². The smallest absolute Gasteiger partial charge is 0.270 e. The van der Waals surface area contributed by atoms with Gasteiger partial charge in [-0.05, 0) is 6.42 Å². The second-order valence-corrected chi connectivity index (χ2v) is 3.33. The number of nitriles is 1. The number of imidazole rings is 1. The van der Waals surface area contributed by atoms with Crippen LogP contribution in [0.5, 0.6) is 0 Å². The molecular formula is C10H14N4O. The number of rotatable bonds is 4. The molecule has 0 fully saturated rings. The van der Waals surface area contributed by atoms with Gasteiger partial charge < -0.3 is 9.88 Å². The van der Waals surface area contributed by atoms with E-state index in [-0.39, 0.29) is 5.91 Å². The van der Waals surface area contributed by atoms with Crippen molar-refractivity contribution in [1.29, 1.82) is 5.26 Å². The first-order valence-corrected chi connectivity index (χ1v) is 4.85. The molecule has 1 unspecified atom stereocenters. The molecule has 5 heteroatoms. The molecule has 5 nitrogen and oxygen atoms in total. The van der Waals surface area contributed by atoms with E-state index in [9.17, 15) is 4.79 Å². The molecule has 0 aliphatic carbocycles. The zero-order valence-corrected chi connectivity index (χ0v) is 8.90. The number of aryl methyl sites for hydroxylation is 1. The van der Waals surface area contributed by atoms with Crippen LogP contribution in [0.25, 0.3) is 0 Å². The Kier molecular flexibility index (Phi) is 3.86. The summed E-state index contributed by atoms with van der Waals surface area (Å²) in [6.45, 7) is 1.97. The van der Waals surface area contributed by atoms with Gasteiger partial charge in [0.05, 0.1) is 18.6 Å². The molecule has 0 bridgehead atoms. The highest BCUT2D eigenvalue weighted by molar-refractivity contribution is 5.92. The van der Waals surface area contributed by atoms with Crippen LogP contribution in [-0.2, 0) is 7.05 Å². The van der Waals surface area contributed by atoms with Crippen molar-refractivity contribution in [1.82, 2.24) is 14.9 Å². The number of carbonyl (C=O) groups is 1. The molecule has 15 heavy (non-hydrogen) atoms. The Bertz CT molecular complexity index is 377. The van der Waals surface area contributed by atoms with Gasteiger partial charge in [-0.1, -0.05) is 13.3 Å². The van der Waals surface area contributed by atoms with Gasteiger partial charge in [0.1, 0.15) is 11.7 Å². The lowest BCUT2D eigenvalue weighted by Crippen LogP contribution is -2.34. The summed E-state index contributed by atoms with van der Waals surface area (Å²) in [7, 11) is 1.74. The number of hydrogen-bond acceptors (Lipinski definition) is 3. The Morgan fingerprint density at radius 2 is 2.53 bits per heavy atom. The zero-order chi connectivity index (χ0) is 11.3. The van der Waals surface area contributed by atoms with Crippen molar-refractivity contribution in [2.75, 3.05) is 0 Å². The van der Waals surface area contributed by atoms with Crippen LogP contribution in [0, 0.1) is 11.3 Å². The van der Waals surface area contributed by atoms with E-state index in [1.807, 2.05) is 6.92 Å². The Morgan fingerprint density at radius 3 is 3.00 bits per heavy atom. The molecule has 1 amide bonds. The lowest BCUT2D eigenvalue weighted by atomic mass is 10.2. The van der Waals surface area contributed by atoms with Gasteiger partial charge in [-0.2, -0.15) is 5.26 Å². The maximum absolute atomic E-state index is 11.6. The molecule has 1 aromatic rings. The van der Waals surface area contributed by atoms with Crippen molar-refractivity contribution < 1.29 is 4.79 Å². The predicted octanol–water partition coefficient (Wildman–Crippen LogP) is 0.842. The van der Waals surface area contributed by atoms with Crippen molar-refractivity contribution in [3.63, 3.8) is 0 Å². The number of carbonyl (C=O) groups excluding carboxylic acids is 1. The minimum absolute atomic E-state index is 0.255. The average Bonchev–Trinajstić information content (AvgIpc) is 2.63. The Balaban J connectivity index is 2.64. The number of nitrogens with zero attached hydrogens (tertiary/aromatic N) is 3. The summed E-state index contributed by atoms with van der Waals surface area (Å²) in [4.78, 5) is 15.5. The van der Waals surface area contributed by atoms with E-state index in [4.69, 9.17) is 5.26 Å². The third kappa shape index (κ3) is 2.81. The van der Waals surface area contributed by atoms with Crippen molar-refractivity contribution in [3.8, 4) is 6.07 Å². The fourth-order valence-corrected chi connectivity index (χ4v) is 1.27. The Labute approximate surface area is 88.7 Å². The van der Waals surface area contributed by atoms with Crippen molar-refractivity contribution in [3.05, 3.63) is 18.2 Å². The van der Waals surface area contributed by atoms with E-state index in [2.05, 4.69) is 16.4 Å². The molecule has 1 N–H and O–H groups in total. The van der Waals surface area contributed by atoms with Crippen molar-refractivity contribution in [2.24, 2.45) is 7.05 Å².